The Bertz CT molecular complexity index is 513. The van der Waals surface area contributed by atoms with Gasteiger partial charge < -0.3 is 19.9 Å². The molecular weight excluding hydrogens is 310 g/mol. The van der Waals surface area contributed by atoms with Gasteiger partial charge in [-0.3, -0.25) is 9.59 Å². The molecule has 0 heterocycles. The molecule has 1 rings (SSSR count). The molecule has 6 nitrogen and oxygen atoms in total. The summed E-state index contributed by atoms with van der Waals surface area (Å²) >= 11 is 0. The van der Waals surface area contributed by atoms with Gasteiger partial charge in [0.1, 0.15) is 11.8 Å². The fourth-order valence-corrected chi connectivity index (χ4v) is 2.02. The summed E-state index contributed by atoms with van der Waals surface area (Å²) in [5.74, 6) is 0.101. The Morgan fingerprint density at radius 2 is 1.83 bits per heavy atom. The predicted molar refractivity (Wildman–Crippen MR) is 90.7 cm³/mol. The summed E-state index contributed by atoms with van der Waals surface area (Å²) in [6.45, 7) is 6.20. The molecule has 0 radical (unpaired) electrons. The van der Waals surface area contributed by atoms with Crippen LogP contribution in [0.3, 0.4) is 0 Å². The van der Waals surface area contributed by atoms with E-state index in [0.29, 0.717) is 38.2 Å². The lowest BCUT2D eigenvalue weighted by molar-refractivity contribution is -0.149. The van der Waals surface area contributed by atoms with E-state index in [1.165, 1.54) is 0 Å². The Balaban J connectivity index is 2.35. The first kappa shape index (κ1) is 20.0. The van der Waals surface area contributed by atoms with Gasteiger partial charge in [-0.1, -0.05) is 12.1 Å². The lowest BCUT2D eigenvalue weighted by atomic mass is 10.1. The number of hydrogen-bond donors (Lipinski definition) is 1. The average molecular weight is 337 g/mol. The predicted octanol–water partition coefficient (Wildman–Crippen LogP) is 2.23. The highest BCUT2D eigenvalue weighted by Gasteiger charge is 2.16. The fraction of sp³-hybridized carbons (Fsp3) is 0.556. The van der Waals surface area contributed by atoms with Crippen LogP contribution in [-0.4, -0.2) is 37.3 Å². The maximum absolute atomic E-state index is 11.7. The highest BCUT2D eigenvalue weighted by atomic mass is 16.5. The minimum absolute atomic E-state index is 0.172. The second-order valence-electron chi connectivity index (χ2n) is 5.70. The molecule has 0 aromatic heterocycles. The second-order valence-corrected chi connectivity index (χ2v) is 5.70. The largest absolute Gasteiger partial charge is 0.494 e. The lowest BCUT2D eigenvalue weighted by Crippen LogP contribution is -2.35. The number of hydrogen-bond acceptors (Lipinski definition) is 6. The van der Waals surface area contributed by atoms with E-state index in [2.05, 4.69) is 0 Å². The van der Waals surface area contributed by atoms with Crippen molar-refractivity contribution in [3.8, 4) is 5.75 Å². The van der Waals surface area contributed by atoms with Crippen LogP contribution < -0.4 is 10.5 Å². The van der Waals surface area contributed by atoms with Crippen molar-refractivity contribution in [2.24, 2.45) is 5.73 Å². The Kier molecular flexibility index (Phi) is 8.86. The number of nitrogens with two attached hydrogens (primary N) is 1. The van der Waals surface area contributed by atoms with Gasteiger partial charge in [0, 0.05) is 6.42 Å². The molecule has 0 saturated carbocycles. The van der Waals surface area contributed by atoms with E-state index < -0.39 is 12.0 Å². The van der Waals surface area contributed by atoms with Gasteiger partial charge in [0.15, 0.2) is 0 Å². The van der Waals surface area contributed by atoms with Crippen LogP contribution in [0.1, 0.15) is 39.2 Å². The van der Waals surface area contributed by atoms with Crippen LogP contribution in [0.5, 0.6) is 5.75 Å². The number of rotatable bonds is 10. The third kappa shape index (κ3) is 7.97. The van der Waals surface area contributed by atoms with Crippen molar-refractivity contribution < 1.29 is 23.8 Å². The smallest absolute Gasteiger partial charge is 0.323 e. The van der Waals surface area contributed by atoms with Crippen molar-refractivity contribution in [3.05, 3.63) is 29.8 Å². The van der Waals surface area contributed by atoms with Gasteiger partial charge in [-0.25, -0.2) is 0 Å². The van der Waals surface area contributed by atoms with Crippen molar-refractivity contribution in [1.82, 2.24) is 0 Å². The van der Waals surface area contributed by atoms with Crippen molar-refractivity contribution in [2.45, 2.75) is 52.2 Å². The molecule has 0 saturated heterocycles. The SMILES string of the molecule is CCOC(=O)CCCOc1ccc(CC(N)C(=O)OC(C)C)cc1. The number of benzene rings is 1. The van der Waals surface area contributed by atoms with Crippen LogP contribution in [0, 0.1) is 0 Å². The molecule has 0 bridgehead atoms. The normalized spacial score (nSPS) is 11.9. The zero-order chi connectivity index (χ0) is 17.9. The zero-order valence-electron chi connectivity index (χ0n) is 14.6. The molecule has 0 fully saturated rings. The van der Waals surface area contributed by atoms with Gasteiger partial charge in [-0.2, -0.15) is 0 Å². The van der Waals surface area contributed by atoms with Crippen LogP contribution in [0.2, 0.25) is 0 Å². The van der Waals surface area contributed by atoms with E-state index in [1.54, 1.807) is 20.8 Å². The Morgan fingerprint density at radius 3 is 2.42 bits per heavy atom. The van der Waals surface area contributed by atoms with Crippen LogP contribution in [-0.2, 0) is 25.5 Å². The van der Waals surface area contributed by atoms with Gasteiger partial charge >= 0.3 is 11.9 Å². The van der Waals surface area contributed by atoms with E-state index in [1.807, 2.05) is 24.3 Å². The molecule has 6 heteroatoms. The van der Waals surface area contributed by atoms with Gasteiger partial charge in [0.2, 0.25) is 0 Å². The monoisotopic (exact) mass is 337 g/mol. The lowest BCUT2D eigenvalue weighted by Gasteiger charge is -2.14. The van der Waals surface area contributed by atoms with Crippen molar-refractivity contribution in [2.75, 3.05) is 13.2 Å². The third-order valence-electron chi connectivity index (χ3n) is 3.13. The van der Waals surface area contributed by atoms with E-state index in [9.17, 15) is 9.59 Å². The van der Waals surface area contributed by atoms with E-state index in [4.69, 9.17) is 19.9 Å². The molecular formula is C18H27NO5. The van der Waals surface area contributed by atoms with Crippen molar-refractivity contribution in [1.29, 1.82) is 0 Å². The van der Waals surface area contributed by atoms with Gasteiger partial charge in [-0.05, 0) is 51.3 Å². The van der Waals surface area contributed by atoms with Gasteiger partial charge in [0.25, 0.3) is 0 Å². The Hall–Kier alpha value is -2.08. The van der Waals surface area contributed by atoms with Crippen LogP contribution in [0.25, 0.3) is 0 Å². The van der Waals surface area contributed by atoms with Crippen molar-refractivity contribution >= 4 is 11.9 Å². The first-order valence-electron chi connectivity index (χ1n) is 8.25. The molecule has 2 N–H and O–H groups in total. The number of esters is 2. The minimum atomic E-state index is -0.677. The summed E-state index contributed by atoms with van der Waals surface area (Å²) in [7, 11) is 0. The molecule has 1 aromatic carbocycles. The molecule has 0 aliphatic rings. The average Bonchev–Trinajstić information content (AvgIpc) is 2.52. The quantitative estimate of drug-likeness (QED) is 0.520. The van der Waals surface area contributed by atoms with E-state index >= 15 is 0 Å². The van der Waals surface area contributed by atoms with Gasteiger partial charge in [-0.15, -0.1) is 0 Å². The maximum atomic E-state index is 11.7. The van der Waals surface area contributed by atoms with Crippen molar-refractivity contribution in [3.63, 3.8) is 0 Å². The molecule has 1 atom stereocenters. The highest BCUT2D eigenvalue weighted by Crippen LogP contribution is 2.14. The summed E-state index contributed by atoms with van der Waals surface area (Å²) in [5.41, 5.74) is 6.77. The number of carbonyl (C=O) groups is 2. The van der Waals surface area contributed by atoms with Gasteiger partial charge in [0.05, 0.1) is 19.3 Å². The number of ether oxygens (including phenoxy) is 3. The molecule has 0 spiro atoms. The first-order valence-corrected chi connectivity index (χ1v) is 8.25. The van der Waals surface area contributed by atoms with Crippen LogP contribution in [0.15, 0.2) is 24.3 Å². The molecule has 0 aliphatic carbocycles. The molecule has 0 amide bonds. The standard InChI is InChI=1S/C18H27NO5/c1-4-22-17(20)6-5-11-23-15-9-7-14(8-10-15)12-16(19)18(21)24-13(2)3/h7-10,13,16H,4-6,11-12,19H2,1-3H3. The highest BCUT2D eigenvalue weighted by molar-refractivity contribution is 5.76. The molecule has 0 aliphatic heterocycles. The topological polar surface area (TPSA) is 87.9 Å². The molecule has 134 valence electrons. The summed E-state index contributed by atoms with van der Waals surface area (Å²) < 4.78 is 15.5. The molecule has 1 aromatic rings. The maximum Gasteiger partial charge on any atom is 0.323 e. The molecule has 24 heavy (non-hydrogen) atoms. The minimum Gasteiger partial charge on any atom is -0.494 e. The fourth-order valence-electron chi connectivity index (χ4n) is 2.02. The van der Waals surface area contributed by atoms with E-state index in [-0.39, 0.29) is 12.1 Å². The number of carbonyl (C=O) groups excluding carboxylic acids is 2. The summed E-state index contributed by atoms with van der Waals surface area (Å²) in [5, 5.41) is 0. The zero-order valence-corrected chi connectivity index (χ0v) is 14.6. The second kappa shape index (κ2) is 10.6. The molecule has 1 unspecified atom stereocenters. The first-order chi connectivity index (χ1) is 11.4. The summed E-state index contributed by atoms with van der Waals surface area (Å²) in [6, 6.07) is 6.69. The Labute approximate surface area is 143 Å². The third-order valence-corrected chi connectivity index (χ3v) is 3.13. The van der Waals surface area contributed by atoms with Crippen LogP contribution >= 0.6 is 0 Å². The summed E-state index contributed by atoms with van der Waals surface area (Å²) in [4.78, 5) is 22.9. The Morgan fingerprint density at radius 1 is 1.17 bits per heavy atom. The van der Waals surface area contributed by atoms with Crippen LogP contribution in [0.4, 0.5) is 0 Å². The van der Waals surface area contributed by atoms with E-state index in [0.717, 1.165) is 5.56 Å². The summed E-state index contributed by atoms with van der Waals surface area (Å²) in [6.07, 6.45) is 1.19.